The molecule has 0 aliphatic carbocycles. The number of rotatable bonds is 5. The van der Waals surface area contributed by atoms with Crippen molar-refractivity contribution in [3.8, 4) is 11.4 Å². The Bertz CT molecular complexity index is 1160. The van der Waals surface area contributed by atoms with Crippen molar-refractivity contribution in [1.29, 1.82) is 0 Å². The number of piperazine rings is 1. The van der Waals surface area contributed by atoms with Crippen LogP contribution in [0.5, 0.6) is 5.75 Å². The van der Waals surface area contributed by atoms with E-state index >= 15 is 0 Å². The molecule has 0 unspecified atom stereocenters. The number of hydrogen-bond donors (Lipinski definition) is 1. The highest BCUT2D eigenvalue weighted by Gasteiger charge is 2.14. The van der Waals surface area contributed by atoms with Crippen molar-refractivity contribution in [1.82, 2.24) is 24.6 Å². The van der Waals surface area contributed by atoms with Gasteiger partial charge in [0.15, 0.2) is 5.65 Å². The monoisotopic (exact) mass is 415 g/mol. The van der Waals surface area contributed by atoms with E-state index in [-0.39, 0.29) is 0 Å². The highest BCUT2D eigenvalue weighted by Crippen LogP contribution is 2.23. The lowest BCUT2D eigenvalue weighted by atomic mass is 10.2. The first kappa shape index (κ1) is 19.3. The lowest BCUT2D eigenvalue weighted by Crippen LogP contribution is -2.44. The van der Waals surface area contributed by atoms with Gasteiger partial charge >= 0.3 is 0 Å². The van der Waals surface area contributed by atoms with Crippen LogP contribution in [0, 0.1) is 0 Å². The minimum atomic E-state index is 0.537. The zero-order valence-corrected chi connectivity index (χ0v) is 17.7. The average Bonchev–Trinajstić information content (AvgIpc) is 3.23. The first-order chi connectivity index (χ1) is 15.2. The van der Waals surface area contributed by atoms with Gasteiger partial charge in [-0.1, -0.05) is 0 Å². The molecule has 1 N–H and O–H groups in total. The molecular formula is C23H25N7O. The van der Waals surface area contributed by atoms with E-state index in [1.807, 2.05) is 24.3 Å². The van der Waals surface area contributed by atoms with E-state index in [0.717, 1.165) is 54.3 Å². The van der Waals surface area contributed by atoms with Crippen LogP contribution in [0.25, 0.3) is 16.7 Å². The van der Waals surface area contributed by atoms with Gasteiger partial charge in [0.1, 0.15) is 5.75 Å². The van der Waals surface area contributed by atoms with Gasteiger partial charge in [0, 0.05) is 43.8 Å². The second-order valence-corrected chi connectivity index (χ2v) is 7.69. The molecule has 158 valence electrons. The molecule has 0 bridgehead atoms. The Morgan fingerprint density at radius 1 is 0.871 bits per heavy atom. The third-order valence-electron chi connectivity index (χ3n) is 5.62. The van der Waals surface area contributed by atoms with E-state index in [0.29, 0.717) is 5.95 Å². The molecule has 5 rings (SSSR count). The third kappa shape index (κ3) is 4.02. The van der Waals surface area contributed by atoms with Crippen LogP contribution >= 0.6 is 0 Å². The van der Waals surface area contributed by atoms with E-state index in [2.05, 4.69) is 56.5 Å². The van der Waals surface area contributed by atoms with Crippen molar-refractivity contribution in [3.05, 3.63) is 60.9 Å². The number of fused-ring (bicyclic) bond motifs is 1. The van der Waals surface area contributed by atoms with Crippen LogP contribution in [0.3, 0.4) is 0 Å². The first-order valence-electron chi connectivity index (χ1n) is 10.4. The Balaban J connectivity index is 1.35. The Kier molecular flexibility index (Phi) is 5.13. The summed E-state index contributed by atoms with van der Waals surface area (Å²) in [5.41, 5.74) is 3.86. The second-order valence-electron chi connectivity index (χ2n) is 7.69. The summed E-state index contributed by atoms with van der Waals surface area (Å²) < 4.78 is 7.04. The van der Waals surface area contributed by atoms with Crippen LogP contribution in [0.15, 0.2) is 60.9 Å². The Morgan fingerprint density at radius 3 is 2.29 bits per heavy atom. The van der Waals surface area contributed by atoms with E-state index in [1.54, 1.807) is 24.2 Å². The van der Waals surface area contributed by atoms with E-state index in [9.17, 15) is 0 Å². The van der Waals surface area contributed by atoms with Crippen molar-refractivity contribution < 1.29 is 4.74 Å². The molecule has 2 aromatic heterocycles. The van der Waals surface area contributed by atoms with Crippen molar-refractivity contribution >= 4 is 28.4 Å². The number of nitrogens with one attached hydrogen (secondary N) is 1. The fraction of sp³-hybridized carbons (Fsp3) is 0.261. The molecule has 8 nitrogen and oxygen atoms in total. The van der Waals surface area contributed by atoms with Crippen molar-refractivity contribution in [3.63, 3.8) is 0 Å². The van der Waals surface area contributed by atoms with Gasteiger partial charge in [-0.25, -0.2) is 9.67 Å². The average molecular weight is 416 g/mol. The Morgan fingerprint density at radius 2 is 1.58 bits per heavy atom. The lowest BCUT2D eigenvalue weighted by molar-refractivity contribution is 0.313. The molecule has 2 aromatic carbocycles. The summed E-state index contributed by atoms with van der Waals surface area (Å²) in [6.07, 6.45) is 3.56. The summed E-state index contributed by atoms with van der Waals surface area (Å²) in [5, 5.41) is 8.67. The minimum absolute atomic E-state index is 0.537. The zero-order chi connectivity index (χ0) is 21.2. The molecule has 1 aliphatic heterocycles. The number of benzene rings is 2. The predicted molar refractivity (Wildman–Crippen MR) is 123 cm³/mol. The molecule has 4 aromatic rings. The van der Waals surface area contributed by atoms with Crippen molar-refractivity contribution in [2.24, 2.45) is 0 Å². The smallest absolute Gasteiger partial charge is 0.229 e. The van der Waals surface area contributed by atoms with Crippen molar-refractivity contribution in [2.45, 2.75) is 0 Å². The van der Waals surface area contributed by atoms with E-state index < -0.39 is 0 Å². The minimum Gasteiger partial charge on any atom is -0.497 e. The molecule has 0 atom stereocenters. The second kappa shape index (κ2) is 8.23. The molecule has 8 heteroatoms. The van der Waals surface area contributed by atoms with Crippen LogP contribution < -0.4 is 15.0 Å². The number of aromatic nitrogens is 4. The summed E-state index contributed by atoms with van der Waals surface area (Å²) in [7, 11) is 3.82. The summed E-state index contributed by atoms with van der Waals surface area (Å²) in [6.45, 7) is 4.29. The Hall–Kier alpha value is -3.65. The van der Waals surface area contributed by atoms with Crippen LogP contribution in [-0.2, 0) is 0 Å². The van der Waals surface area contributed by atoms with Gasteiger partial charge in [0.25, 0.3) is 0 Å². The molecule has 0 spiro atoms. The molecule has 1 saturated heterocycles. The molecule has 0 saturated carbocycles. The summed E-state index contributed by atoms with van der Waals surface area (Å²) in [4.78, 5) is 13.9. The van der Waals surface area contributed by atoms with E-state index in [1.165, 1.54) is 5.69 Å². The lowest BCUT2D eigenvalue weighted by Gasteiger charge is -2.34. The maximum absolute atomic E-state index is 5.24. The number of nitrogens with zero attached hydrogens (tertiary/aromatic N) is 6. The molecular weight excluding hydrogens is 390 g/mol. The van der Waals surface area contributed by atoms with Gasteiger partial charge in [-0.2, -0.15) is 10.1 Å². The maximum atomic E-state index is 5.24. The van der Waals surface area contributed by atoms with Crippen LogP contribution in [0.1, 0.15) is 0 Å². The van der Waals surface area contributed by atoms with Crippen LogP contribution in [-0.4, -0.2) is 65.0 Å². The number of likely N-dealkylation sites (N-methyl/N-ethyl adjacent to an activating group) is 1. The molecule has 31 heavy (non-hydrogen) atoms. The highest BCUT2D eigenvalue weighted by molar-refractivity contribution is 5.77. The van der Waals surface area contributed by atoms with Gasteiger partial charge in [-0.15, -0.1) is 0 Å². The van der Waals surface area contributed by atoms with Crippen molar-refractivity contribution in [2.75, 3.05) is 50.6 Å². The van der Waals surface area contributed by atoms with Gasteiger partial charge in [-0.3, -0.25) is 0 Å². The highest BCUT2D eigenvalue weighted by atomic mass is 16.5. The SMILES string of the molecule is COc1ccc(-n2ncc3cnc(Nc4ccc(N5CCN(C)CC5)cc4)nc32)cc1. The number of anilines is 3. The third-order valence-corrected chi connectivity index (χ3v) is 5.62. The van der Waals surface area contributed by atoms with Crippen LogP contribution in [0.2, 0.25) is 0 Å². The number of ether oxygens (including phenoxy) is 1. The Labute approximate surface area is 181 Å². The zero-order valence-electron chi connectivity index (χ0n) is 17.7. The molecule has 1 fully saturated rings. The molecule has 1 aliphatic rings. The number of methoxy groups -OCH3 is 1. The molecule has 3 heterocycles. The molecule has 0 radical (unpaired) electrons. The standard InChI is InChI=1S/C23H25N7O/c1-28-11-13-29(14-12-28)19-5-3-18(4-6-19)26-23-24-15-17-16-25-30(22(17)27-23)20-7-9-21(31-2)10-8-20/h3-10,15-16H,11-14H2,1-2H3,(H,24,26,27). The quantitative estimate of drug-likeness (QED) is 0.536. The van der Waals surface area contributed by atoms with Gasteiger partial charge in [0.2, 0.25) is 5.95 Å². The van der Waals surface area contributed by atoms with E-state index in [4.69, 9.17) is 9.72 Å². The first-order valence-corrected chi connectivity index (χ1v) is 10.4. The summed E-state index contributed by atoms with van der Waals surface area (Å²) in [5.74, 6) is 1.34. The maximum Gasteiger partial charge on any atom is 0.229 e. The van der Waals surface area contributed by atoms with Gasteiger partial charge in [-0.05, 0) is 55.6 Å². The largest absolute Gasteiger partial charge is 0.497 e. The summed E-state index contributed by atoms with van der Waals surface area (Å²) >= 11 is 0. The fourth-order valence-electron chi connectivity index (χ4n) is 3.74. The predicted octanol–water partition coefficient (Wildman–Crippen LogP) is 3.32. The summed E-state index contributed by atoms with van der Waals surface area (Å²) in [6, 6.07) is 16.2. The van der Waals surface area contributed by atoms with Crippen LogP contribution in [0.4, 0.5) is 17.3 Å². The normalized spacial score (nSPS) is 14.7. The fourth-order valence-corrected chi connectivity index (χ4v) is 3.74. The topological polar surface area (TPSA) is 71.3 Å². The van der Waals surface area contributed by atoms with Gasteiger partial charge < -0.3 is 19.9 Å². The van der Waals surface area contributed by atoms with Gasteiger partial charge in [0.05, 0.1) is 24.4 Å². The number of hydrogen-bond acceptors (Lipinski definition) is 7. The molecule has 0 amide bonds.